The van der Waals surface area contributed by atoms with E-state index >= 15 is 0 Å². The first kappa shape index (κ1) is 15.8. The monoisotopic (exact) mass is 289 g/mol. The average Bonchev–Trinajstić information content (AvgIpc) is 2.47. The van der Waals surface area contributed by atoms with Gasteiger partial charge in [-0.2, -0.15) is 0 Å². The summed E-state index contributed by atoms with van der Waals surface area (Å²) in [6.07, 6.45) is 3.77. The van der Waals surface area contributed by atoms with Crippen LogP contribution in [0, 0.1) is 0 Å². The zero-order valence-corrected chi connectivity index (χ0v) is 13.2. The Bertz CT molecular complexity index is 441. The average molecular weight is 289 g/mol. The van der Waals surface area contributed by atoms with Crippen LogP contribution in [0.2, 0.25) is 0 Å². The Morgan fingerprint density at radius 3 is 2.57 bits per heavy atom. The molecule has 1 fully saturated rings. The maximum atomic E-state index is 5.07. The molecule has 0 aromatic heterocycles. The van der Waals surface area contributed by atoms with E-state index in [-0.39, 0.29) is 5.41 Å². The van der Waals surface area contributed by atoms with Crippen molar-refractivity contribution in [2.75, 3.05) is 33.4 Å². The predicted octanol–water partition coefficient (Wildman–Crippen LogP) is 2.31. The van der Waals surface area contributed by atoms with E-state index in [0.29, 0.717) is 6.61 Å². The summed E-state index contributed by atoms with van der Waals surface area (Å²) in [5.74, 6) is 0.886. The molecule has 0 aliphatic heterocycles. The minimum Gasteiger partial charge on any atom is -0.383 e. The summed E-state index contributed by atoms with van der Waals surface area (Å²) < 4.78 is 5.07. The fraction of sp³-hybridized carbons (Fsp3) is 0.588. The van der Waals surface area contributed by atoms with Crippen molar-refractivity contribution >= 4 is 5.96 Å². The zero-order valence-electron chi connectivity index (χ0n) is 13.2. The molecule has 4 heteroatoms. The molecule has 1 aromatic rings. The van der Waals surface area contributed by atoms with E-state index in [1.165, 1.54) is 24.8 Å². The van der Waals surface area contributed by atoms with Crippen molar-refractivity contribution in [3.63, 3.8) is 0 Å². The normalized spacial score (nSPS) is 17.1. The Morgan fingerprint density at radius 1 is 1.24 bits per heavy atom. The van der Waals surface area contributed by atoms with E-state index in [9.17, 15) is 0 Å². The van der Waals surface area contributed by atoms with Crippen molar-refractivity contribution in [2.24, 2.45) is 4.99 Å². The first-order chi connectivity index (χ1) is 10.3. The summed E-state index contributed by atoms with van der Waals surface area (Å²) >= 11 is 0. The summed E-state index contributed by atoms with van der Waals surface area (Å²) in [4.78, 5) is 4.79. The minimum absolute atomic E-state index is 0.241. The highest BCUT2D eigenvalue weighted by Crippen LogP contribution is 2.43. The molecule has 2 rings (SSSR count). The Morgan fingerprint density at radius 2 is 2.00 bits per heavy atom. The van der Waals surface area contributed by atoms with Gasteiger partial charge >= 0.3 is 0 Å². The Labute approximate surface area is 128 Å². The Kier molecular flexibility index (Phi) is 6.05. The molecular formula is C17H27N3O. The molecular weight excluding hydrogens is 262 g/mol. The maximum absolute atomic E-state index is 5.07. The van der Waals surface area contributed by atoms with Crippen LogP contribution in [-0.2, 0) is 10.2 Å². The lowest BCUT2D eigenvalue weighted by molar-refractivity contribution is 0.203. The molecule has 0 atom stereocenters. The SMILES string of the molecule is CCNC(=NCC1(c2ccccc2)CCC1)NCCOC. The van der Waals surface area contributed by atoms with Crippen molar-refractivity contribution in [3.05, 3.63) is 35.9 Å². The number of ether oxygens (including phenoxy) is 1. The third-order valence-electron chi connectivity index (χ3n) is 4.18. The van der Waals surface area contributed by atoms with Crippen molar-refractivity contribution in [3.8, 4) is 0 Å². The summed E-state index contributed by atoms with van der Waals surface area (Å²) in [5, 5.41) is 6.60. The third kappa shape index (κ3) is 4.21. The summed E-state index contributed by atoms with van der Waals surface area (Å²) in [6.45, 7) is 5.27. The highest BCUT2D eigenvalue weighted by molar-refractivity contribution is 5.79. The van der Waals surface area contributed by atoms with Crippen molar-refractivity contribution in [1.82, 2.24) is 10.6 Å². The molecule has 0 spiro atoms. The first-order valence-electron chi connectivity index (χ1n) is 7.87. The fourth-order valence-electron chi connectivity index (χ4n) is 2.78. The second kappa shape index (κ2) is 8.03. The standard InChI is InChI=1S/C17H27N3O/c1-3-18-16(19-12-13-21-2)20-14-17(10-7-11-17)15-8-5-4-6-9-15/h4-6,8-9H,3,7,10-14H2,1-2H3,(H2,18,19,20). The van der Waals surface area contributed by atoms with Crippen LogP contribution in [0.25, 0.3) is 0 Å². The van der Waals surface area contributed by atoms with Crippen LogP contribution in [0.1, 0.15) is 31.7 Å². The van der Waals surface area contributed by atoms with E-state index < -0.39 is 0 Å². The van der Waals surface area contributed by atoms with Gasteiger partial charge in [0.2, 0.25) is 0 Å². The number of nitrogens with zero attached hydrogens (tertiary/aromatic N) is 1. The molecule has 21 heavy (non-hydrogen) atoms. The van der Waals surface area contributed by atoms with E-state index in [2.05, 4.69) is 47.9 Å². The highest BCUT2D eigenvalue weighted by Gasteiger charge is 2.38. The lowest BCUT2D eigenvalue weighted by atomic mass is 9.64. The van der Waals surface area contributed by atoms with Crippen molar-refractivity contribution in [2.45, 2.75) is 31.6 Å². The Balaban J connectivity index is 2.00. The number of hydrogen-bond acceptors (Lipinski definition) is 2. The van der Waals surface area contributed by atoms with Crippen LogP contribution >= 0.6 is 0 Å². The Hall–Kier alpha value is -1.55. The van der Waals surface area contributed by atoms with Gasteiger partial charge in [0.25, 0.3) is 0 Å². The molecule has 0 unspecified atom stereocenters. The lowest BCUT2D eigenvalue weighted by Gasteiger charge is -2.41. The largest absolute Gasteiger partial charge is 0.383 e. The van der Waals surface area contributed by atoms with E-state index in [0.717, 1.165) is 25.6 Å². The van der Waals surface area contributed by atoms with E-state index in [1.54, 1.807) is 7.11 Å². The molecule has 116 valence electrons. The van der Waals surface area contributed by atoms with Gasteiger partial charge in [0.1, 0.15) is 0 Å². The second-order valence-electron chi connectivity index (χ2n) is 5.61. The first-order valence-corrected chi connectivity index (χ1v) is 7.87. The number of rotatable bonds is 7. The van der Waals surface area contributed by atoms with Gasteiger partial charge in [0, 0.05) is 25.6 Å². The molecule has 0 saturated heterocycles. The number of guanidine groups is 1. The quantitative estimate of drug-likeness (QED) is 0.460. The van der Waals surface area contributed by atoms with Gasteiger partial charge < -0.3 is 15.4 Å². The number of aliphatic imine (C=N–C) groups is 1. The maximum Gasteiger partial charge on any atom is 0.191 e. The number of hydrogen-bond donors (Lipinski definition) is 2. The number of nitrogens with one attached hydrogen (secondary N) is 2. The predicted molar refractivity (Wildman–Crippen MR) is 87.8 cm³/mol. The summed E-state index contributed by atoms with van der Waals surface area (Å²) in [5.41, 5.74) is 1.66. The minimum atomic E-state index is 0.241. The van der Waals surface area contributed by atoms with Crippen LogP contribution in [-0.4, -0.2) is 39.3 Å². The lowest BCUT2D eigenvalue weighted by Crippen LogP contribution is -2.42. The van der Waals surface area contributed by atoms with Crippen LogP contribution < -0.4 is 10.6 Å². The molecule has 0 radical (unpaired) electrons. The fourth-order valence-corrected chi connectivity index (χ4v) is 2.78. The second-order valence-corrected chi connectivity index (χ2v) is 5.61. The molecule has 1 aromatic carbocycles. The van der Waals surface area contributed by atoms with E-state index in [1.807, 2.05) is 0 Å². The third-order valence-corrected chi connectivity index (χ3v) is 4.18. The van der Waals surface area contributed by atoms with Gasteiger partial charge in [-0.25, -0.2) is 0 Å². The van der Waals surface area contributed by atoms with Crippen LogP contribution in [0.5, 0.6) is 0 Å². The molecule has 0 heterocycles. The number of methoxy groups -OCH3 is 1. The molecule has 1 saturated carbocycles. The van der Waals surface area contributed by atoms with Crippen molar-refractivity contribution in [1.29, 1.82) is 0 Å². The highest BCUT2D eigenvalue weighted by atomic mass is 16.5. The topological polar surface area (TPSA) is 45.7 Å². The molecule has 2 N–H and O–H groups in total. The smallest absolute Gasteiger partial charge is 0.191 e. The van der Waals surface area contributed by atoms with E-state index in [4.69, 9.17) is 9.73 Å². The van der Waals surface area contributed by atoms with Gasteiger partial charge in [-0.3, -0.25) is 4.99 Å². The molecule has 1 aliphatic rings. The molecule has 4 nitrogen and oxygen atoms in total. The van der Waals surface area contributed by atoms with Crippen LogP contribution in [0.15, 0.2) is 35.3 Å². The number of benzene rings is 1. The van der Waals surface area contributed by atoms with Crippen LogP contribution in [0.4, 0.5) is 0 Å². The van der Waals surface area contributed by atoms with Gasteiger partial charge in [0.05, 0.1) is 13.2 Å². The van der Waals surface area contributed by atoms with Gasteiger partial charge in [-0.15, -0.1) is 0 Å². The van der Waals surface area contributed by atoms with Crippen molar-refractivity contribution < 1.29 is 4.74 Å². The molecule has 1 aliphatic carbocycles. The summed E-state index contributed by atoms with van der Waals surface area (Å²) in [6, 6.07) is 10.8. The zero-order chi connectivity index (χ0) is 15.0. The van der Waals surface area contributed by atoms with Crippen LogP contribution in [0.3, 0.4) is 0 Å². The van der Waals surface area contributed by atoms with Gasteiger partial charge in [-0.1, -0.05) is 36.8 Å². The molecule has 0 bridgehead atoms. The molecule has 0 amide bonds. The van der Waals surface area contributed by atoms with Gasteiger partial charge in [-0.05, 0) is 25.3 Å². The van der Waals surface area contributed by atoms with Gasteiger partial charge in [0.15, 0.2) is 5.96 Å². The summed E-state index contributed by atoms with van der Waals surface area (Å²) in [7, 11) is 1.71.